The van der Waals surface area contributed by atoms with Crippen LogP contribution in [-0.2, 0) is 49.9 Å². The molecule has 10 rings (SSSR count). The van der Waals surface area contributed by atoms with Crippen LogP contribution in [0.2, 0.25) is 0 Å². The van der Waals surface area contributed by atoms with Crippen LogP contribution in [0.25, 0.3) is 21.5 Å². The zero-order valence-corrected chi connectivity index (χ0v) is 52.2. The Labute approximate surface area is 515 Å². The Morgan fingerprint density at radius 3 is 1.45 bits per heavy atom. The topological polar surface area (TPSA) is 323 Å². The van der Waals surface area contributed by atoms with Crippen molar-refractivity contribution in [3.8, 4) is 29.0 Å². The predicted molar refractivity (Wildman–Crippen MR) is 341 cm³/mol. The van der Waals surface area contributed by atoms with Gasteiger partial charge in [-0.15, -0.1) is 0 Å². The van der Waals surface area contributed by atoms with Gasteiger partial charge in [-0.1, -0.05) is 90.1 Å². The van der Waals surface area contributed by atoms with Crippen LogP contribution in [0, 0.1) is 0 Å². The van der Waals surface area contributed by atoms with Crippen molar-refractivity contribution in [2.24, 2.45) is 0 Å². The first-order chi connectivity index (χ1) is 42.0. The smallest absolute Gasteiger partial charge is 0.377 e. The number of carbonyl (C=O) groups is 4. The number of rotatable bonds is 16. The molecule has 2 aromatic heterocycles. The molecule has 8 aromatic rings. The Balaban J connectivity index is 0.000000196. The highest BCUT2D eigenvalue weighted by atomic mass is 32.2. The highest BCUT2D eigenvalue weighted by molar-refractivity contribution is 7.92. The lowest BCUT2D eigenvalue weighted by molar-refractivity contribution is -0.131. The Hall–Kier alpha value is -9.50. The van der Waals surface area contributed by atoms with E-state index >= 15 is 0 Å². The van der Waals surface area contributed by atoms with Crippen LogP contribution in [-0.4, -0.2) is 138 Å². The highest BCUT2D eigenvalue weighted by Gasteiger charge is 2.27. The number of nitrogen functional groups attached to an aromatic ring is 1. The molecule has 89 heavy (non-hydrogen) atoms. The first kappa shape index (κ1) is 65.5. The van der Waals surface area contributed by atoms with Gasteiger partial charge in [0.2, 0.25) is 43.7 Å². The second-order valence-corrected chi connectivity index (χ2v) is 26.2. The van der Waals surface area contributed by atoms with Crippen LogP contribution < -0.4 is 44.5 Å². The van der Waals surface area contributed by atoms with E-state index in [2.05, 4.69) is 34.7 Å². The molecule has 1 amide bonds. The zero-order chi connectivity index (χ0) is 64.4. The minimum Gasteiger partial charge on any atom is -0.492 e. The molecular formula is C63H70N10O14S2. The monoisotopic (exact) mass is 1250 g/mol. The fourth-order valence-corrected chi connectivity index (χ4v) is 10.5. The molecule has 468 valence electrons. The SMILES string of the molecule is CC(C)(C)c1cc(N)cc(NS(C)(=O)=O)c1.COc1c(NC(=O)C(=O)c2ccc(Oc3ccnc(N4CCOCC4)n3)c3ccccc23)cc(C(C)(C)C)cc1NS(C)(=O)=O.O=C(O)C(=O)c1ccc(Oc2ccnc(N3CCOCC3)n2)c2ccccc12. The van der Waals surface area contributed by atoms with Crippen molar-refractivity contribution in [1.29, 1.82) is 0 Å². The van der Waals surface area contributed by atoms with Gasteiger partial charge < -0.3 is 49.6 Å². The Bertz CT molecular complexity index is 4180. The van der Waals surface area contributed by atoms with Gasteiger partial charge >= 0.3 is 5.97 Å². The van der Waals surface area contributed by atoms with Gasteiger partial charge in [0.15, 0.2) is 5.75 Å². The number of hydrogen-bond donors (Lipinski definition) is 5. The number of aliphatic carboxylic acids is 1. The van der Waals surface area contributed by atoms with Gasteiger partial charge in [-0.25, -0.2) is 31.6 Å². The summed E-state index contributed by atoms with van der Waals surface area (Å²) in [7, 11) is -5.58. The number of hydrogen-bond acceptors (Lipinski definition) is 20. The van der Waals surface area contributed by atoms with Gasteiger partial charge in [0, 0.05) is 78.3 Å². The van der Waals surface area contributed by atoms with E-state index in [0.29, 0.717) is 126 Å². The van der Waals surface area contributed by atoms with E-state index in [9.17, 15) is 36.0 Å². The maximum atomic E-state index is 13.6. The Morgan fingerprint density at radius 1 is 0.573 bits per heavy atom. The van der Waals surface area contributed by atoms with Gasteiger partial charge in [0.25, 0.3) is 17.5 Å². The quantitative estimate of drug-likeness (QED) is 0.0342. The minimum absolute atomic E-state index is 0.0662. The van der Waals surface area contributed by atoms with Crippen molar-refractivity contribution < 1.29 is 64.8 Å². The van der Waals surface area contributed by atoms with E-state index in [0.717, 1.165) is 18.1 Å². The summed E-state index contributed by atoms with van der Waals surface area (Å²) in [5.41, 5.74) is 8.60. The van der Waals surface area contributed by atoms with Crippen molar-refractivity contribution >= 4 is 99.7 Å². The summed E-state index contributed by atoms with van der Waals surface area (Å²) in [5, 5.41) is 13.9. The molecule has 26 heteroatoms. The second kappa shape index (κ2) is 27.7. The average molecular weight is 1260 g/mol. The Morgan fingerprint density at radius 2 is 1.01 bits per heavy atom. The molecule has 0 unspecified atom stereocenters. The van der Waals surface area contributed by atoms with Crippen LogP contribution >= 0.6 is 0 Å². The number of aromatic nitrogens is 4. The minimum atomic E-state index is -3.67. The summed E-state index contributed by atoms with van der Waals surface area (Å²) >= 11 is 0. The molecule has 0 radical (unpaired) electrons. The van der Waals surface area contributed by atoms with Crippen LogP contribution in [0.15, 0.2) is 128 Å². The summed E-state index contributed by atoms with van der Waals surface area (Å²) in [6, 6.07) is 32.2. The van der Waals surface area contributed by atoms with Gasteiger partial charge in [0.1, 0.15) is 11.5 Å². The molecule has 6 N–H and O–H groups in total. The lowest BCUT2D eigenvalue weighted by Gasteiger charge is -2.26. The number of Topliss-reactive ketones (excluding diaryl/α,β-unsaturated/α-hetero) is 2. The summed E-state index contributed by atoms with van der Waals surface area (Å²) in [6.07, 6.45) is 5.38. The van der Waals surface area contributed by atoms with E-state index in [1.807, 2.05) is 63.5 Å². The molecule has 0 atom stereocenters. The number of amides is 1. The molecule has 0 saturated carbocycles. The Kier molecular flexibility index (Phi) is 20.4. The number of carboxylic acid groups (broad SMARTS) is 1. The number of carboxylic acids is 1. The summed E-state index contributed by atoms with van der Waals surface area (Å²) < 4.78 is 79.6. The van der Waals surface area contributed by atoms with E-state index < -0.39 is 48.9 Å². The summed E-state index contributed by atoms with van der Waals surface area (Å²) in [5.74, 6) is -1.39. The van der Waals surface area contributed by atoms with Crippen LogP contribution in [0.4, 0.5) is 34.6 Å². The van der Waals surface area contributed by atoms with Crippen molar-refractivity contribution in [3.63, 3.8) is 0 Å². The number of nitrogens with one attached hydrogen (secondary N) is 3. The first-order valence-electron chi connectivity index (χ1n) is 28.0. The molecule has 0 spiro atoms. The van der Waals surface area contributed by atoms with Crippen molar-refractivity contribution in [1.82, 2.24) is 19.9 Å². The second-order valence-electron chi connectivity index (χ2n) is 22.7. The summed E-state index contributed by atoms with van der Waals surface area (Å²) in [4.78, 5) is 71.8. The molecule has 24 nitrogen and oxygen atoms in total. The van der Waals surface area contributed by atoms with E-state index in [-0.39, 0.29) is 33.7 Å². The maximum absolute atomic E-state index is 13.6. The highest BCUT2D eigenvalue weighted by Crippen LogP contribution is 2.40. The number of anilines is 6. The molecule has 4 heterocycles. The van der Waals surface area contributed by atoms with Crippen molar-refractivity contribution in [3.05, 3.63) is 150 Å². The number of nitrogens with zero attached hydrogens (tertiary/aromatic N) is 6. The number of ether oxygens (including phenoxy) is 5. The number of methoxy groups -OCH3 is 1. The molecule has 2 aliphatic heterocycles. The van der Waals surface area contributed by atoms with Gasteiger partial charge in [-0.3, -0.25) is 23.8 Å². The molecular weight excluding hydrogens is 1180 g/mol. The van der Waals surface area contributed by atoms with E-state index in [1.165, 1.54) is 19.2 Å². The fourth-order valence-electron chi connectivity index (χ4n) is 9.38. The standard InChI is InChI=1S/C32H35N5O7S.C20H17N3O5.C11H18N2O2S/c1-32(2,3)20-18-24(29(42-4)25(19-20)36-45(5,40)41)34-30(39)28(38)23-10-11-26(22-9-7-6-8-21(22)23)44-27-12-13-33-31(35-27)37-14-16-43-17-15-37;24-18(19(25)26)15-5-6-16(14-4-2-1-3-13(14)15)28-17-7-8-21-20(22-17)23-9-11-27-12-10-23;1-11(2,3)8-5-9(12)7-10(6-8)13-16(4,14)15/h6-13,18-19,36H,14-17H2,1-5H3,(H,34,39);1-8H,9-12H2,(H,25,26);5-7,13H,12H2,1-4H3. The van der Waals surface area contributed by atoms with Crippen molar-refractivity contribution in [2.75, 3.05) is 103 Å². The lowest BCUT2D eigenvalue weighted by Crippen LogP contribution is -2.37. The lowest BCUT2D eigenvalue weighted by atomic mass is 9.86. The largest absolute Gasteiger partial charge is 0.492 e. The zero-order valence-electron chi connectivity index (χ0n) is 50.6. The van der Waals surface area contributed by atoms with Gasteiger partial charge in [-0.05, 0) is 87.3 Å². The van der Waals surface area contributed by atoms with Gasteiger partial charge in [-0.2, -0.15) is 9.97 Å². The first-order valence-corrected chi connectivity index (χ1v) is 31.8. The third-order valence-electron chi connectivity index (χ3n) is 13.7. The number of fused-ring (bicyclic) bond motifs is 2. The van der Waals surface area contributed by atoms with E-state index in [1.54, 1.807) is 103 Å². The average Bonchev–Trinajstić information content (AvgIpc) is 1.56. The number of benzene rings is 6. The van der Waals surface area contributed by atoms with Gasteiger partial charge in [0.05, 0.1) is 63.1 Å². The fraction of sp³-hybridized carbons (Fsp3) is 0.302. The molecule has 6 aromatic carbocycles. The van der Waals surface area contributed by atoms with Crippen molar-refractivity contribution in [2.45, 2.75) is 52.4 Å². The molecule has 0 aliphatic carbocycles. The third-order valence-corrected chi connectivity index (χ3v) is 14.9. The molecule has 2 saturated heterocycles. The maximum Gasteiger partial charge on any atom is 0.377 e. The normalized spacial score (nSPS) is 13.6. The number of ketones is 2. The number of morpholine rings is 2. The number of nitrogens with two attached hydrogens (primary N) is 1. The third kappa shape index (κ3) is 17.4. The molecule has 0 bridgehead atoms. The predicted octanol–water partition coefficient (Wildman–Crippen LogP) is 9.22. The van der Waals surface area contributed by atoms with Crippen LogP contribution in [0.3, 0.4) is 0 Å². The summed E-state index contributed by atoms with van der Waals surface area (Å²) in [6.45, 7) is 17.2. The molecule has 2 aliphatic rings. The molecule has 2 fully saturated rings. The van der Waals surface area contributed by atoms with E-state index in [4.69, 9.17) is 34.5 Å². The number of sulfonamides is 2. The number of carbonyl (C=O) groups excluding carboxylic acids is 3. The van der Waals surface area contributed by atoms with Crippen LogP contribution in [0.5, 0.6) is 29.0 Å². The van der Waals surface area contributed by atoms with Crippen LogP contribution in [0.1, 0.15) is 73.4 Å².